The molecule has 1 aromatic heterocycles. The van der Waals surface area contributed by atoms with E-state index in [9.17, 15) is 4.79 Å². The number of carbonyl (C=O) groups is 1. The Morgan fingerprint density at radius 2 is 2.00 bits per heavy atom. The van der Waals surface area contributed by atoms with Crippen LogP contribution in [-0.2, 0) is 4.79 Å². The molecule has 112 valence electrons. The lowest BCUT2D eigenvalue weighted by atomic mass is 10.3. The van der Waals surface area contributed by atoms with E-state index >= 15 is 0 Å². The van der Waals surface area contributed by atoms with Crippen LogP contribution in [0.5, 0.6) is 0 Å². The number of hydrogen-bond donors (Lipinski definition) is 1. The van der Waals surface area contributed by atoms with Gasteiger partial charge < -0.3 is 9.88 Å². The van der Waals surface area contributed by atoms with Crippen molar-refractivity contribution in [2.24, 2.45) is 0 Å². The van der Waals surface area contributed by atoms with Gasteiger partial charge in [0.05, 0.1) is 5.75 Å². The molecule has 5 nitrogen and oxygen atoms in total. The Hall–Kier alpha value is -1.24. The largest absolute Gasteiger partial charge is 0.325 e. The Morgan fingerprint density at radius 1 is 1.33 bits per heavy atom. The maximum Gasteiger partial charge on any atom is 0.234 e. The van der Waals surface area contributed by atoms with Gasteiger partial charge in [-0.1, -0.05) is 35.0 Å². The fourth-order valence-corrected chi connectivity index (χ4v) is 3.01. The van der Waals surface area contributed by atoms with Gasteiger partial charge in [-0.2, -0.15) is 0 Å². The van der Waals surface area contributed by atoms with Crippen LogP contribution in [0.25, 0.3) is 0 Å². The van der Waals surface area contributed by atoms with Gasteiger partial charge in [-0.3, -0.25) is 4.79 Å². The molecule has 0 unspecified atom stereocenters. The zero-order valence-corrected chi connectivity index (χ0v) is 13.8. The predicted molar refractivity (Wildman–Crippen MR) is 86.2 cm³/mol. The Balaban J connectivity index is 1.94. The van der Waals surface area contributed by atoms with E-state index in [0.29, 0.717) is 20.9 Å². The Kier molecular flexibility index (Phi) is 5.50. The summed E-state index contributed by atoms with van der Waals surface area (Å²) >= 11 is 13.1. The van der Waals surface area contributed by atoms with Crippen LogP contribution in [-0.4, -0.2) is 26.4 Å². The molecule has 1 heterocycles. The first-order valence-electron chi connectivity index (χ1n) is 6.24. The van der Waals surface area contributed by atoms with Crippen LogP contribution >= 0.6 is 35.0 Å². The summed E-state index contributed by atoms with van der Waals surface area (Å²) in [5.74, 6) is 0.0758. The number of nitrogens with one attached hydrogen (secondary N) is 1. The highest BCUT2D eigenvalue weighted by atomic mass is 35.5. The summed E-state index contributed by atoms with van der Waals surface area (Å²) in [7, 11) is 0. The van der Waals surface area contributed by atoms with Crippen LogP contribution < -0.4 is 5.32 Å². The zero-order valence-electron chi connectivity index (χ0n) is 11.5. The zero-order chi connectivity index (χ0) is 15.4. The average molecular weight is 345 g/mol. The lowest BCUT2D eigenvalue weighted by molar-refractivity contribution is -0.113. The van der Waals surface area contributed by atoms with Crippen LogP contribution in [0.3, 0.4) is 0 Å². The summed E-state index contributed by atoms with van der Waals surface area (Å²) in [6.07, 6.45) is 1.65. The Morgan fingerprint density at radius 3 is 2.62 bits per heavy atom. The lowest BCUT2D eigenvalue weighted by Crippen LogP contribution is -2.14. The van der Waals surface area contributed by atoms with Gasteiger partial charge >= 0.3 is 0 Å². The molecule has 1 N–H and O–H groups in total. The summed E-state index contributed by atoms with van der Waals surface area (Å²) in [6, 6.07) is 5.15. The van der Waals surface area contributed by atoms with E-state index in [2.05, 4.69) is 15.5 Å². The number of carbonyl (C=O) groups excluding carboxylic acids is 1. The molecule has 1 amide bonds. The maximum absolute atomic E-state index is 11.9. The smallest absolute Gasteiger partial charge is 0.234 e. The van der Waals surface area contributed by atoms with Crippen molar-refractivity contribution < 1.29 is 4.79 Å². The second kappa shape index (κ2) is 7.15. The number of hydrogen-bond acceptors (Lipinski definition) is 4. The van der Waals surface area contributed by atoms with E-state index in [0.717, 1.165) is 0 Å². The normalized spacial score (nSPS) is 10.9. The number of halogens is 2. The monoisotopic (exact) mass is 344 g/mol. The van der Waals surface area contributed by atoms with Crippen molar-refractivity contribution >= 4 is 46.6 Å². The Bertz CT molecular complexity index is 625. The number of benzene rings is 1. The third-order valence-electron chi connectivity index (χ3n) is 2.58. The number of rotatable bonds is 5. The second-order valence-corrected chi connectivity index (χ2v) is 6.42. The summed E-state index contributed by atoms with van der Waals surface area (Å²) in [6.45, 7) is 4.06. The molecule has 0 spiro atoms. The van der Waals surface area contributed by atoms with Crippen molar-refractivity contribution in [2.45, 2.75) is 25.0 Å². The van der Waals surface area contributed by atoms with Crippen molar-refractivity contribution in [3.05, 3.63) is 34.6 Å². The number of nitrogens with zero attached hydrogens (tertiary/aromatic N) is 3. The molecule has 0 fully saturated rings. The minimum atomic E-state index is -0.156. The molecule has 2 aromatic rings. The third-order valence-corrected chi connectivity index (χ3v) is 3.97. The molecular weight excluding hydrogens is 331 g/mol. The number of anilines is 1. The first-order chi connectivity index (χ1) is 9.95. The van der Waals surface area contributed by atoms with Crippen molar-refractivity contribution in [3.8, 4) is 0 Å². The molecule has 2 rings (SSSR count). The predicted octanol–water partition coefficient (Wildman–Crippen LogP) is 3.90. The third kappa shape index (κ3) is 4.62. The van der Waals surface area contributed by atoms with Crippen LogP contribution in [0.4, 0.5) is 5.69 Å². The molecule has 0 saturated carbocycles. The van der Waals surface area contributed by atoms with E-state index in [1.165, 1.54) is 11.8 Å². The first kappa shape index (κ1) is 16.1. The van der Waals surface area contributed by atoms with Crippen LogP contribution in [0, 0.1) is 0 Å². The van der Waals surface area contributed by atoms with Crippen LogP contribution in [0.2, 0.25) is 10.0 Å². The van der Waals surface area contributed by atoms with Gasteiger partial charge in [-0.25, -0.2) is 0 Å². The molecule has 1 aromatic carbocycles. The van der Waals surface area contributed by atoms with Crippen LogP contribution in [0.15, 0.2) is 29.7 Å². The Labute approximate surface area is 137 Å². The molecule has 0 aliphatic heterocycles. The van der Waals surface area contributed by atoms with E-state index < -0.39 is 0 Å². The topological polar surface area (TPSA) is 59.8 Å². The van der Waals surface area contributed by atoms with Crippen molar-refractivity contribution in [1.29, 1.82) is 0 Å². The molecule has 8 heteroatoms. The van der Waals surface area contributed by atoms with Crippen molar-refractivity contribution in [1.82, 2.24) is 14.8 Å². The van der Waals surface area contributed by atoms with Gasteiger partial charge in [0.1, 0.15) is 6.33 Å². The number of aromatic nitrogens is 3. The molecule has 0 bridgehead atoms. The maximum atomic E-state index is 11.9. The summed E-state index contributed by atoms with van der Waals surface area (Å²) in [5.41, 5.74) is 0.573. The summed E-state index contributed by atoms with van der Waals surface area (Å²) in [4.78, 5) is 11.9. The van der Waals surface area contributed by atoms with Gasteiger partial charge in [-0.15, -0.1) is 10.2 Å². The molecular formula is C13H14Cl2N4OS. The molecule has 0 aliphatic carbocycles. The highest BCUT2D eigenvalue weighted by Gasteiger charge is 2.11. The van der Waals surface area contributed by atoms with Gasteiger partial charge in [0.15, 0.2) is 5.16 Å². The van der Waals surface area contributed by atoms with Gasteiger partial charge in [0.2, 0.25) is 5.91 Å². The second-order valence-electron chi connectivity index (χ2n) is 4.61. The fourth-order valence-electron chi connectivity index (χ4n) is 1.64. The summed E-state index contributed by atoms with van der Waals surface area (Å²) < 4.78 is 1.91. The quantitative estimate of drug-likeness (QED) is 0.835. The minimum absolute atomic E-state index is 0.156. The van der Waals surface area contributed by atoms with E-state index in [1.54, 1.807) is 24.5 Å². The number of thioether (sulfide) groups is 1. The molecule has 0 radical (unpaired) electrons. The fraction of sp³-hybridized carbons (Fsp3) is 0.308. The SMILES string of the molecule is CC(C)n1cnnc1SCC(=O)Nc1cc(Cl)cc(Cl)c1. The average Bonchev–Trinajstić information content (AvgIpc) is 2.83. The van der Waals surface area contributed by atoms with Gasteiger partial charge in [-0.05, 0) is 32.0 Å². The lowest BCUT2D eigenvalue weighted by Gasteiger charge is -2.09. The van der Waals surface area contributed by atoms with Crippen LogP contribution in [0.1, 0.15) is 19.9 Å². The summed E-state index contributed by atoms with van der Waals surface area (Å²) in [5, 5.41) is 12.3. The standard InChI is InChI=1S/C13H14Cl2N4OS/c1-8(2)19-7-16-18-13(19)21-6-12(20)17-11-4-9(14)3-10(15)5-11/h3-5,7-8H,6H2,1-2H3,(H,17,20). The van der Waals surface area contributed by atoms with E-state index in [4.69, 9.17) is 23.2 Å². The molecule has 0 aliphatic rings. The van der Waals surface area contributed by atoms with Crippen molar-refractivity contribution in [3.63, 3.8) is 0 Å². The molecule has 0 saturated heterocycles. The highest BCUT2D eigenvalue weighted by molar-refractivity contribution is 7.99. The molecule has 0 atom stereocenters. The van der Waals surface area contributed by atoms with Crippen molar-refractivity contribution in [2.75, 3.05) is 11.1 Å². The van der Waals surface area contributed by atoms with Gasteiger partial charge in [0.25, 0.3) is 0 Å². The highest BCUT2D eigenvalue weighted by Crippen LogP contribution is 2.23. The number of amides is 1. The van der Waals surface area contributed by atoms with Gasteiger partial charge in [0, 0.05) is 21.8 Å². The first-order valence-corrected chi connectivity index (χ1v) is 7.98. The van der Waals surface area contributed by atoms with E-state index in [1.807, 2.05) is 18.4 Å². The van der Waals surface area contributed by atoms with E-state index in [-0.39, 0.29) is 17.7 Å². The molecule has 21 heavy (non-hydrogen) atoms. The minimum Gasteiger partial charge on any atom is -0.325 e.